The minimum atomic E-state index is -0.438. The van der Waals surface area contributed by atoms with Gasteiger partial charge in [0.15, 0.2) is 0 Å². The number of aliphatic hydroxyl groups excluding tert-OH is 2. The summed E-state index contributed by atoms with van der Waals surface area (Å²) in [6.45, 7) is 1.18. The van der Waals surface area contributed by atoms with Crippen LogP contribution >= 0.6 is 0 Å². The first-order chi connectivity index (χ1) is 14.0. The number of benzene rings is 1. The molecule has 1 fully saturated rings. The second-order valence-electron chi connectivity index (χ2n) is 9.33. The SMILES string of the molecule is CN(C)CCCCCC1=C[C@H]2C[C@@H](O)[C@H](/C=C/[C@H](O)CCc3ccccc3)[C@H]2C1. The van der Waals surface area contributed by atoms with Crippen LogP contribution in [-0.2, 0) is 6.42 Å². The number of hydrogen-bond donors (Lipinski definition) is 2. The van der Waals surface area contributed by atoms with E-state index in [1.54, 1.807) is 5.57 Å². The van der Waals surface area contributed by atoms with Gasteiger partial charge >= 0.3 is 0 Å². The molecule has 1 aromatic carbocycles. The fourth-order valence-corrected chi connectivity index (χ4v) is 5.06. The van der Waals surface area contributed by atoms with Gasteiger partial charge in [-0.1, -0.05) is 60.6 Å². The van der Waals surface area contributed by atoms with Crippen LogP contribution in [-0.4, -0.2) is 48.0 Å². The number of allylic oxidation sites excluding steroid dienone is 2. The zero-order valence-corrected chi connectivity index (χ0v) is 18.2. The zero-order valence-electron chi connectivity index (χ0n) is 18.2. The van der Waals surface area contributed by atoms with Crippen molar-refractivity contribution in [3.05, 3.63) is 59.7 Å². The van der Waals surface area contributed by atoms with Gasteiger partial charge < -0.3 is 15.1 Å². The smallest absolute Gasteiger partial charge is 0.0724 e. The maximum absolute atomic E-state index is 10.5. The van der Waals surface area contributed by atoms with Crippen LogP contribution < -0.4 is 0 Å². The monoisotopic (exact) mass is 397 g/mol. The van der Waals surface area contributed by atoms with E-state index in [0.717, 1.165) is 25.7 Å². The number of fused-ring (bicyclic) bond motifs is 1. The lowest BCUT2D eigenvalue weighted by molar-refractivity contribution is 0.139. The molecule has 2 aliphatic carbocycles. The Balaban J connectivity index is 1.42. The number of rotatable bonds is 11. The van der Waals surface area contributed by atoms with E-state index < -0.39 is 6.10 Å². The minimum Gasteiger partial charge on any atom is -0.392 e. The van der Waals surface area contributed by atoms with Gasteiger partial charge in [0.2, 0.25) is 0 Å². The lowest BCUT2D eigenvalue weighted by Gasteiger charge is -2.19. The summed E-state index contributed by atoms with van der Waals surface area (Å²) in [7, 11) is 4.27. The Labute approximate surface area is 177 Å². The fourth-order valence-electron chi connectivity index (χ4n) is 5.06. The van der Waals surface area contributed by atoms with Crippen LogP contribution in [0.4, 0.5) is 0 Å². The predicted octanol–water partition coefficient (Wildman–Crippen LogP) is 4.60. The summed E-state index contributed by atoms with van der Waals surface area (Å²) in [6, 6.07) is 10.3. The molecular weight excluding hydrogens is 358 g/mol. The molecule has 3 heteroatoms. The summed E-state index contributed by atoms with van der Waals surface area (Å²) in [4.78, 5) is 2.26. The van der Waals surface area contributed by atoms with E-state index in [0.29, 0.717) is 11.8 Å². The molecule has 3 nitrogen and oxygen atoms in total. The molecule has 2 N–H and O–H groups in total. The van der Waals surface area contributed by atoms with E-state index in [1.165, 1.54) is 37.8 Å². The number of nitrogens with zero attached hydrogens (tertiary/aromatic N) is 1. The summed E-state index contributed by atoms with van der Waals surface area (Å²) in [5.41, 5.74) is 2.86. The highest BCUT2D eigenvalue weighted by molar-refractivity contribution is 5.21. The molecule has 0 unspecified atom stereocenters. The van der Waals surface area contributed by atoms with Crippen molar-refractivity contribution < 1.29 is 10.2 Å². The van der Waals surface area contributed by atoms with E-state index in [4.69, 9.17) is 0 Å². The lowest BCUT2D eigenvalue weighted by atomic mass is 9.88. The molecule has 1 saturated carbocycles. The van der Waals surface area contributed by atoms with Crippen molar-refractivity contribution in [2.45, 2.75) is 63.6 Å². The molecule has 2 aliphatic rings. The van der Waals surface area contributed by atoms with E-state index in [9.17, 15) is 10.2 Å². The third-order valence-electron chi connectivity index (χ3n) is 6.68. The van der Waals surface area contributed by atoms with Crippen LogP contribution in [0.15, 0.2) is 54.1 Å². The summed E-state index contributed by atoms with van der Waals surface area (Å²) >= 11 is 0. The Morgan fingerprint density at radius 3 is 2.66 bits per heavy atom. The largest absolute Gasteiger partial charge is 0.392 e. The van der Waals surface area contributed by atoms with Crippen LogP contribution in [0.1, 0.15) is 50.5 Å². The molecule has 0 heterocycles. The van der Waals surface area contributed by atoms with E-state index in [2.05, 4.69) is 43.3 Å². The van der Waals surface area contributed by atoms with Gasteiger partial charge in [0.25, 0.3) is 0 Å². The normalized spacial score (nSPS) is 27.6. The van der Waals surface area contributed by atoms with Gasteiger partial charge in [0, 0.05) is 5.92 Å². The Morgan fingerprint density at radius 2 is 1.90 bits per heavy atom. The Hall–Kier alpha value is -1.42. The van der Waals surface area contributed by atoms with Crippen molar-refractivity contribution in [1.29, 1.82) is 0 Å². The topological polar surface area (TPSA) is 43.7 Å². The highest BCUT2D eigenvalue weighted by Gasteiger charge is 2.43. The molecule has 0 amide bonds. The number of hydrogen-bond acceptors (Lipinski definition) is 3. The molecule has 0 spiro atoms. The third-order valence-corrected chi connectivity index (χ3v) is 6.68. The van der Waals surface area contributed by atoms with Gasteiger partial charge in [-0.05, 0) is 83.0 Å². The van der Waals surface area contributed by atoms with E-state index in [1.807, 2.05) is 24.3 Å². The lowest BCUT2D eigenvalue weighted by Crippen LogP contribution is -2.18. The van der Waals surface area contributed by atoms with Crippen molar-refractivity contribution in [1.82, 2.24) is 4.90 Å². The molecule has 5 atom stereocenters. The summed E-state index contributed by atoms with van der Waals surface area (Å²) in [5, 5.41) is 20.9. The van der Waals surface area contributed by atoms with E-state index in [-0.39, 0.29) is 12.0 Å². The van der Waals surface area contributed by atoms with Crippen LogP contribution in [0.2, 0.25) is 0 Å². The maximum atomic E-state index is 10.5. The first kappa shape index (κ1) is 22.3. The highest BCUT2D eigenvalue weighted by atomic mass is 16.3. The second-order valence-corrected chi connectivity index (χ2v) is 9.33. The fraction of sp³-hybridized carbons (Fsp3) is 0.615. The Morgan fingerprint density at radius 1 is 1.10 bits per heavy atom. The molecule has 1 aromatic rings. The minimum absolute atomic E-state index is 0.189. The van der Waals surface area contributed by atoms with Gasteiger partial charge in [0.1, 0.15) is 0 Å². The number of unbranched alkanes of at least 4 members (excludes halogenated alkanes) is 2. The van der Waals surface area contributed by atoms with Crippen molar-refractivity contribution in [3.63, 3.8) is 0 Å². The molecule has 0 aromatic heterocycles. The molecule has 0 radical (unpaired) electrons. The standard InChI is InChI=1S/C26H39NO2/c1-27(2)16-8-4-7-11-21-17-22-19-26(29)24(25(22)18-21)15-14-23(28)13-12-20-9-5-3-6-10-20/h3,5-6,9-10,14-15,17,22-26,28-29H,4,7-8,11-13,16,18-19H2,1-2H3/b15-14+/t22-,23+,24+,25-,26+/m0/s1. The van der Waals surface area contributed by atoms with Crippen LogP contribution in [0.25, 0.3) is 0 Å². The zero-order chi connectivity index (χ0) is 20.6. The van der Waals surface area contributed by atoms with Crippen molar-refractivity contribution >= 4 is 0 Å². The van der Waals surface area contributed by atoms with Crippen molar-refractivity contribution in [3.8, 4) is 0 Å². The van der Waals surface area contributed by atoms with Gasteiger partial charge in [0.05, 0.1) is 12.2 Å². The summed E-state index contributed by atoms with van der Waals surface area (Å²) in [5.74, 6) is 1.24. The highest BCUT2D eigenvalue weighted by Crippen LogP contribution is 2.48. The van der Waals surface area contributed by atoms with Gasteiger partial charge in [-0.25, -0.2) is 0 Å². The van der Waals surface area contributed by atoms with Crippen LogP contribution in [0.3, 0.4) is 0 Å². The van der Waals surface area contributed by atoms with Gasteiger partial charge in [-0.15, -0.1) is 0 Å². The first-order valence-corrected chi connectivity index (χ1v) is 11.5. The molecule has 0 saturated heterocycles. The molecule has 0 bridgehead atoms. The molecule has 29 heavy (non-hydrogen) atoms. The summed E-state index contributed by atoms with van der Waals surface area (Å²) < 4.78 is 0. The predicted molar refractivity (Wildman–Crippen MR) is 121 cm³/mol. The average molecular weight is 398 g/mol. The number of aliphatic hydroxyl groups is 2. The van der Waals surface area contributed by atoms with Gasteiger partial charge in [-0.2, -0.15) is 0 Å². The van der Waals surface area contributed by atoms with Crippen molar-refractivity contribution in [2.75, 3.05) is 20.6 Å². The second kappa shape index (κ2) is 11.1. The first-order valence-electron chi connectivity index (χ1n) is 11.5. The quantitative estimate of drug-likeness (QED) is 0.424. The Kier molecular flexibility index (Phi) is 8.53. The molecule has 0 aliphatic heterocycles. The molecule has 3 rings (SSSR count). The van der Waals surface area contributed by atoms with Crippen LogP contribution in [0, 0.1) is 17.8 Å². The maximum Gasteiger partial charge on any atom is 0.0724 e. The molecular formula is C26H39NO2. The molecule has 160 valence electrons. The van der Waals surface area contributed by atoms with E-state index >= 15 is 0 Å². The average Bonchev–Trinajstić information content (AvgIpc) is 3.21. The third kappa shape index (κ3) is 6.80. The van der Waals surface area contributed by atoms with Crippen molar-refractivity contribution in [2.24, 2.45) is 17.8 Å². The summed E-state index contributed by atoms with van der Waals surface area (Å²) in [6.07, 6.45) is 14.5. The Bertz CT molecular complexity index is 667. The van der Waals surface area contributed by atoms with Gasteiger partial charge in [-0.3, -0.25) is 0 Å². The van der Waals surface area contributed by atoms with Crippen LogP contribution in [0.5, 0.6) is 0 Å². The number of aryl methyl sites for hydroxylation is 1.